The molecule has 17 heavy (non-hydrogen) atoms. The molecule has 1 aromatic heterocycles. The van der Waals surface area contributed by atoms with E-state index in [1.54, 1.807) is 0 Å². The van der Waals surface area contributed by atoms with Crippen LogP contribution in [0, 0.1) is 12.3 Å². The zero-order chi connectivity index (χ0) is 12.6. The Hall–Kier alpha value is -0.830. The van der Waals surface area contributed by atoms with Gasteiger partial charge < -0.3 is 9.67 Å². The molecule has 2 atom stereocenters. The average molecular weight is 236 g/mol. The maximum Gasteiger partial charge on any atom is 0.108 e. The molecule has 1 aliphatic carbocycles. The fourth-order valence-electron chi connectivity index (χ4n) is 2.99. The van der Waals surface area contributed by atoms with Crippen LogP contribution >= 0.6 is 0 Å². The number of aliphatic hydroxyl groups is 1. The molecule has 0 radical (unpaired) electrons. The molecule has 1 heterocycles. The molecule has 1 fully saturated rings. The lowest BCUT2D eigenvalue weighted by Gasteiger charge is -2.42. The molecule has 0 aliphatic heterocycles. The summed E-state index contributed by atoms with van der Waals surface area (Å²) >= 11 is 0. The molecule has 2 rings (SSSR count). The van der Waals surface area contributed by atoms with Gasteiger partial charge in [-0.1, -0.05) is 20.8 Å². The first kappa shape index (κ1) is 12.6. The number of aliphatic hydroxyl groups excluding tert-OH is 1. The molecule has 0 amide bonds. The summed E-state index contributed by atoms with van der Waals surface area (Å²) in [6, 6.07) is 0.377. The van der Waals surface area contributed by atoms with Crippen molar-refractivity contribution < 1.29 is 5.11 Å². The fraction of sp³-hybridized carbons (Fsp3) is 0.786. The second-order valence-corrected chi connectivity index (χ2v) is 5.99. The van der Waals surface area contributed by atoms with Gasteiger partial charge in [0.1, 0.15) is 5.82 Å². The minimum absolute atomic E-state index is 0.152. The number of nitrogens with zero attached hydrogens (tertiary/aromatic N) is 2. The molecule has 0 bridgehead atoms. The molecule has 3 heteroatoms. The van der Waals surface area contributed by atoms with Crippen LogP contribution in [0.1, 0.15) is 57.6 Å². The van der Waals surface area contributed by atoms with E-state index in [0.717, 1.165) is 37.2 Å². The SMILES string of the molecule is CCc1nc(C)cn1C1CC(O)CCC1(C)C. The van der Waals surface area contributed by atoms with Crippen LogP contribution in [-0.2, 0) is 6.42 Å². The summed E-state index contributed by atoms with van der Waals surface area (Å²) in [6.07, 6.45) is 5.81. The van der Waals surface area contributed by atoms with Crippen molar-refractivity contribution in [3.05, 3.63) is 17.7 Å². The number of hydrogen-bond acceptors (Lipinski definition) is 2. The molecular weight excluding hydrogens is 212 g/mol. The Morgan fingerprint density at radius 2 is 2.24 bits per heavy atom. The van der Waals surface area contributed by atoms with Gasteiger partial charge in [0, 0.05) is 18.7 Å². The van der Waals surface area contributed by atoms with Gasteiger partial charge in [-0.3, -0.25) is 0 Å². The molecule has 1 saturated carbocycles. The van der Waals surface area contributed by atoms with Gasteiger partial charge in [0.25, 0.3) is 0 Å². The third kappa shape index (κ3) is 2.39. The summed E-state index contributed by atoms with van der Waals surface area (Å²) in [6.45, 7) is 8.79. The van der Waals surface area contributed by atoms with E-state index in [9.17, 15) is 5.11 Å². The zero-order valence-corrected chi connectivity index (χ0v) is 11.4. The minimum atomic E-state index is -0.152. The van der Waals surface area contributed by atoms with Crippen LogP contribution in [0.4, 0.5) is 0 Å². The average Bonchev–Trinajstić information content (AvgIpc) is 2.63. The first-order chi connectivity index (χ1) is 7.94. The van der Waals surface area contributed by atoms with Gasteiger partial charge in [0.2, 0.25) is 0 Å². The van der Waals surface area contributed by atoms with Crippen molar-refractivity contribution in [2.75, 3.05) is 0 Å². The number of aromatic nitrogens is 2. The highest BCUT2D eigenvalue weighted by atomic mass is 16.3. The molecule has 2 unspecified atom stereocenters. The Morgan fingerprint density at radius 1 is 1.53 bits per heavy atom. The molecule has 0 aromatic carbocycles. The van der Waals surface area contributed by atoms with Crippen molar-refractivity contribution in [2.24, 2.45) is 5.41 Å². The molecule has 3 nitrogen and oxygen atoms in total. The lowest BCUT2D eigenvalue weighted by atomic mass is 9.72. The van der Waals surface area contributed by atoms with E-state index in [1.165, 1.54) is 0 Å². The van der Waals surface area contributed by atoms with Gasteiger partial charge in [0.15, 0.2) is 0 Å². The maximum atomic E-state index is 9.91. The van der Waals surface area contributed by atoms with Gasteiger partial charge >= 0.3 is 0 Å². The Bertz CT molecular complexity index is 395. The van der Waals surface area contributed by atoms with E-state index >= 15 is 0 Å². The van der Waals surface area contributed by atoms with Crippen molar-refractivity contribution in [1.82, 2.24) is 9.55 Å². The summed E-state index contributed by atoms with van der Waals surface area (Å²) < 4.78 is 2.30. The first-order valence-electron chi connectivity index (χ1n) is 6.66. The maximum absolute atomic E-state index is 9.91. The second kappa shape index (κ2) is 4.45. The molecule has 0 saturated heterocycles. The van der Waals surface area contributed by atoms with Crippen molar-refractivity contribution in [3.63, 3.8) is 0 Å². The summed E-state index contributed by atoms with van der Waals surface area (Å²) in [5.74, 6) is 1.15. The summed E-state index contributed by atoms with van der Waals surface area (Å²) in [5, 5.41) is 9.91. The fourth-order valence-corrected chi connectivity index (χ4v) is 2.99. The predicted molar refractivity (Wildman–Crippen MR) is 69.0 cm³/mol. The van der Waals surface area contributed by atoms with E-state index in [2.05, 4.69) is 36.5 Å². The van der Waals surface area contributed by atoms with Crippen LogP contribution < -0.4 is 0 Å². The molecule has 1 aliphatic rings. The van der Waals surface area contributed by atoms with E-state index in [0.29, 0.717) is 6.04 Å². The van der Waals surface area contributed by atoms with Crippen molar-refractivity contribution in [2.45, 2.75) is 65.5 Å². The monoisotopic (exact) mass is 236 g/mol. The number of hydrogen-bond donors (Lipinski definition) is 1. The highest BCUT2D eigenvalue weighted by molar-refractivity contribution is 5.07. The smallest absolute Gasteiger partial charge is 0.108 e. The molecule has 96 valence electrons. The van der Waals surface area contributed by atoms with Gasteiger partial charge in [-0.2, -0.15) is 0 Å². The number of aryl methyl sites for hydroxylation is 2. The molecule has 0 spiro atoms. The summed E-state index contributed by atoms with van der Waals surface area (Å²) in [7, 11) is 0. The van der Waals surface area contributed by atoms with E-state index in [-0.39, 0.29) is 11.5 Å². The topological polar surface area (TPSA) is 38.0 Å². The Morgan fingerprint density at radius 3 is 2.88 bits per heavy atom. The van der Waals surface area contributed by atoms with Gasteiger partial charge in [0.05, 0.1) is 11.8 Å². The van der Waals surface area contributed by atoms with Crippen LogP contribution in [-0.4, -0.2) is 20.8 Å². The summed E-state index contributed by atoms with van der Waals surface area (Å²) in [4.78, 5) is 4.58. The van der Waals surface area contributed by atoms with Crippen LogP contribution in [0.2, 0.25) is 0 Å². The third-order valence-electron chi connectivity index (χ3n) is 4.10. The highest BCUT2D eigenvalue weighted by Gasteiger charge is 2.37. The largest absolute Gasteiger partial charge is 0.393 e. The van der Waals surface area contributed by atoms with Crippen molar-refractivity contribution >= 4 is 0 Å². The van der Waals surface area contributed by atoms with Crippen LogP contribution in [0.5, 0.6) is 0 Å². The van der Waals surface area contributed by atoms with Crippen LogP contribution in [0.3, 0.4) is 0 Å². The minimum Gasteiger partial charge on any atom is -0.393 e. The zero-order valence-electron chi connectivity index (χ0n) is 11.4. The Kier molecular flexibility index (Phi) is 3.30. The predicted octanol–water partition coefficient (Wildman–Crippen LogP) is 2.87. The van der Waals surface area contributed by atoms with E-state index in [4.69, 9.17) is 0 Å². The van der Waals surface area contributed by atoms with Crippen molar-refractivity contribution in [1.29, 1.82) is 0 Å². The Balaban J connectivity index is 2.35. The molecular formula is C14H24N2O. The van der Waals surface area contributed by atoms with E-state index in [1.807, 2.05) is 6.92 Å². The Labute approximate surface area is 104 Å². The normalized spacial score (nSPS) is 28.3. The standard InChI is InChI=1S/C14H24N2O/c1-5-13-15-10(2)9-16(13)12-8-11(17)6-7-14(12,3)4/h9,11-12,17H,5-8H2,1-4H3. The third-order valence-corrected chi connectivity index (χ3v) is 4.10. The molecule has 1 N–H and O–H groups in total. The first-order valence-corrected chi connectivity index (χ1v) is 6.66. The van der Waals surface area contributed by atoms with Crippen LogP contribution in [0.15, 0.2) is 6.20 Å². The van der Waals surface area contributed by atoms with Gasteiger partial charge in [-0.25, -0.2) is 4.98 Å². The van der Waals surface area contributed by atoms with Crippen LogP contribution in [0.25, 0.3) is 0 Å². The van der Waals surface area contributed by atoms with Gasteiger partial charge in [-0.15, -0.1) is 0 Å². The quantitative estimate of drug-likeness (QED) is 0.857. The van der Waals surface area contributed by atoms with E-state index < -0.39 is 0 Å². The lowest BCUT2D eigenvalue weighted by Crippen LogP contribution is -2.36. The second-order valence-electron chi connectivity index (χ2n) is 5.99. The molecule has 1 aromatic rings. The highest BCUT2D eigenvalue weighted by Crippen LogP contribution is 2.44. The summed E-state index contributed by atoms with van der Waals surface area (Å²) in [5.41, 5.74) is 1.33. The van der Waals surface area contributed by atoms with Crippen molar-refractivity contribution in [3.8, 4) is 0 Å². The lowest BCUT2D eigenvalue weighted by molar-refractivity contribution is 0.0332. The number of imidazole rings is 1. The van der Waals surface area contributed by atoms with Gasteiger partial charge in [-0.05, 0) is 31.6 Å². The number of rotatable bonds is 2.